The number of pyridine rings is 1. The molecule has 1 aliphatic heterocycles. The van der Waals surface area contributed by atoms with Gasteiger partial charge >= 0.3 is 0 Å². The third kappa shape index (κ3) is 4.67. The van der Waals surface area contributed by atoms with Crippen LogP contribution in [0.2, 0.25) is 0 Å². The van der Waals surface area contributed by atoms with Gasteiger partial charge in [-0.1, -0.05) is 0 Å². The van der Waals surface area contributed by atoms with Gasteiger partial charge in [0.1, 0.15) is 11.5 Å². The number of amidine groups is 1. The molecule has 1 N–H and O–H groups in total. The Labute approximate surface area is 189 Å². The van der Waals surface area contributed by atoms with E-state index < -0.39 is 0 Å². The van der Waals surface area contributed by atoms with Crippen molar-refractivity contribution in [2.24, 2.45) is 4.99 Å². The summed E-state index contributed by atoms with van der Waals surface area (Å²) >= 11 is 1.69. The Bertz CT molecular complexity index is 1090. The van der Waals surface area contributed by atoms with Gasteiger partial charge in [0.05, 0.1) is 17.6 Å². The Morgan fingerprint density at radius 2 is 1.84 bits per heavy atom. The molecule has 4 rings (SSSR count). The summed E-state index contributed by atoms with van der Waals surface area (Å²) in [6, 6.07) is 2.53. The van der Waals surface area contributed by atoms with Gasteiger partial charge < -0.3 is 10.2 Å². The fourth-order valence-corrected chi connectivity index (χ4v) is 5.71. The molecular formula is C24H34N6S. The maximum absolute atomic E-state index is 4.94. The van der Waals surface area contributed by atoms with E-state index in [0.717, 1.165) is 46.3 Å². The first-order chi connectivity index (χ1) is 14.4. The van der Waals surface area contributed by atoms with Gasteiger partial charge in [0.2, 0.25) is 0 Å². The topological polar surface area (TPSA) is 57.8 Å². The summed E-state index contributed by atoms with van der Waals surface area (Å²) in [4.78, 5) is 18.9. The van der Waals surface area contributed by atoms with Crippen molar-refractivity contribution >= 4 is 27.8 Å². The number of nitrogens with one attached hydrogen (secondary N) is 1. The number of hydrogen-bond donors (Lipinski definition) is 1. The molecular weight excluding hydrogens is 404 g/mol. The lowest BCUT2D eigenvalue weighted by molar-refractivity contribution is 0.113. The van der Waals surface area contributed by atoms with E-state index in [1.807, 2.05) is 12.4 Å². The van der Waals surface area contributed by atoms with E-state index in [9.17, 15) is 0 Å². The van der Waals surface area contributed by atoms with Crippen LogP contribution in [0, 0.1) is 13.8 Å². The van der Waals surface area contributed by atoms with Crippen molar-refractivity contribution in [2.45, 2.75) is 78.4 Å². The average molecular weight is 439 g/mol. The quantitative estimate of drug-likeness (QED) is 0.441. The summed E-state index contributed by atoms with van der Waals surface area (Å²) < 4.78 is 2.07. The van der Waals surface area contributed by atoms with Crippen LogP contribution >= 0.6 is 11.3 Å². The molecule has 4 heterocycles. The smallest absolute Gasteiger partial charge is 0.194 e. The molecule has 166 valence electrons. The van der Waals surface area contributed by atoms with Crippen molar-refractivity contribution in [1.82, 2.24) is 24.6 Å². The van der Waals surface area contributed by atoms with Gasteiger partial charge in [-0.15, -0.1) is 11.3 Å². The number of hydrogen-bond acceptors (Lipinski definition) is 5. The molecule has 0 bridgehead atoms. The van der Waals surface area contributed by atoms with E-state index in [2.05, 4.69) is 87.4 Å². The lowest BCUT2D eigenvalue weighted by atomic mass is 9.79. The predicted molar refractivity (Wildman–Crippen MR) is 131 cm³/mol. The molecule has 1 fully saturated rings. The summed E-state index contributed by atoms with van der Waals surface area (Å²) in [5, 5.41) is 3.76. The minimum absolute atomic E-state index is 0.108. The van der Waals surface area contributed by atoms with Crippen LogP contribution in [-0.2, 0) is 0 Å². The number of nitrogens with zero attached hydrogens (tertiary/aromatic N) is 5. The van der Waals surface area contributed by atoms with Crippen molar-refractivity contribution < 1.29 is 0 Å². The fraction of sp³-hybridized carbons (Fsp3) is 0.542. The minimum atomic E-state index is 0.108. The number of imidazole rings is 1. The number of fused-ring (bicyclic) bond motifs is 1. The van der Waals surface area contributed by atoms with Crippen molar-refractivity contribution in [3.8, 4) is 11.4 Å². The zero-order valence-electron chi connectivity index (χ0n) is 19.9. The maximum atomic E-state index is 4.94. The van der Waals surface area contributed by atoms with Gasteiger partial charge in [-0.25, -0.2) is 9.98 Å². The second-order valence-corrected chi connectivity index (χ2v) is 11.5. The van der Waals surface area contributed by atoms with Gasteiger partial charge in [-0.05, 0) is 72.9 Å². The standard InChI is InChI=1S/C24H34N6S/c1-15-9-19(21-14-30-13-16(2)31-22(30)27-21)25-12-20(15)26-17(3)29(8)18-10-23(4,5)28-24(6,7)11-18/h9,12-14,18,28H,10-11H2,1-8H3. The number of aryl methyl sites for hydroxylation is 2. The molecule has 0 aliphatic carbocycles. The van der Waals surface area contributed by atoms with Crippen LogP contribution in [0.1, 0.15) is 57.9 Å². The van der Waals surface area contributed by atoms with Crippen molar-refractivity contribution in [1.29, 1.82) is 0 Å². The molecule has 7 heteroatoms. The molecule has 1 saturated heterocycles. The average Bonchev–Trinajstić information content (AvgIpc) is 3.17. The first kappa shape index (κ1) is 22.0. The van der Waals surface area contributed by atoms with Crippen molar-refractivity contribution in [2.75, 3.05) is 7.05 Å². The SMILES string of the molecule is CC(=Nc1cnc(-c2cn3cc(C)sc3n2)cc1C)N(C)C1CC(C)(C)NC(C)(C)C1. The first-order valence-electron chi connectivity index (χ1n) is 10.9. The van der Waals surface area contributed by atoms with Gasteiger partial charge in [0.15, 0.2) is 4.96 Å². The maximum Gasteiger partial charge on any atom is 0.194 e. The van der Waals surface area contributed by atoms with Gasteiger partial charge in [-0.2, -0.15) is 0 Å². The molecule has 0 atom stereocenters. The molecule has 0 amide bonds. The van der Waals surface area contributed by atoms with Crippen LogP contribution in [0.25, 0.3) is 16.3 Å². The molecule has 3 aromatic heterocycles. The van der Waals surface area contributed by atoms with Crippen LogP contribution in [0.3, 0.4) is 0 Å². The summed E-state index contributed by atoms with van der Waals surface area (Å²) in [7, 11) is 2.16. The van der Waals surface area contributed by atoms with E-state index >= 15 is 0 Å². The highest BCUT2D eigenvalue weighted by molar-refractivity contribution is 7.17. The number of aliphatic imine (C=N–C) groups is 1. The highest BCUT2D eigenvalue weighted by atomic mass is 32.1. The number of rotatable bonds is 3. The molecule has 0 spiro atoms. The Morgan fingerprint density at radius 3 is 2.45 bits per heavy atom. The predicted octanol–water partition coefficient (Wildman–Crippen LogP) is 5.37. The van der Waals surface area contributed by atoms with E-state index in [1.165, 1.54) is 4.88 Å². The highest BCUT2D eigenvalue weighted by Gasteiger charge is 2.39. The Morgan fingerprint density at radius 1 is 1.16 bits per heavy atom. The second kappa shape index (κ2) is 7.71. The van der Waals surface area contributed by atoms with E-state index in [1.54, 1.807) is 11.3 Å². The van der Waals surface area contributed by atoms with Gasteiger partial charge in [0, 0.05) is 41.4 Å². The lowest BCUT2D eigenvalue weighted by Gasteiger charge is -2.49. The molecule has 0 unspecified atom stereocenters. The lowest BCUT2D eigenvalue weighted by Crippen LogP contribution is -2.62. The third-order valence-electron chi connectivity index (χ3n) is 6.13. The summed E-state index contributed by atoms with van der Waals surface area (Å²) in [5.41, 5.74) is 4.03. The summed E-state index contributed by atoms with van der Waals surface area (Å²) in [6.07, 6.45) is 8.20. The third-order valence-corrected chi connectivity index (χ3v) is 7.04. The van der Waals surface area contributed by atoms with Crippen LogP contribution in [0.5, 0.6) is 0 Å². The number of thiazole rings is 1. The summed E-state index contributed by atoms with van der Waals surface area (Å²) in [5.74, 6) is 1.02. The molecule has 0 saturated carbocycles. The van der Waals surface area contributed by atoms with E-state index in [0.29, 0.717) is 6.04 Å². The van der Waals surface area contributed by atoms with Crippen LogP contribution in [-0.4, -0.2) is 49.3 Å². The zero-order valence-corrected chi connectivity index (χ0v) is 20.8. The van der Waals surface area contributed by atoms with Gasteiger partial charge in [-0.3, -0.25) is 9.38 Å². The van der Waals surface area contributed by atoms with E-state index in [4.69, 9.17) is 9.98 Å². The fourth-order valence-electron chi connectivity index (χ4n) is 4.90. The molecule has 3 aromatic rings. The number of aromatic nitrogens is 3. The minimum Gasteiger partial charge on any atom is -0.360 e. The zero-order chi connectivity index (χ0) is 22.6. The first-order valence-corrected chi connectivity index (χ1v) is 11.7. The Hall–Kier alpha value is -2.25. The Balaban J connectivity index is 1.55. The van der Waals surface area contributed by atoms with E-state index in [-0.39, 0.29) is 11.1 Å². The molecule has 1 aliphatic rings. The van der Waals surface area contributed by atoms with Crippen molar-refractivity contribution in [3.63, 3.8) is 0 Å². The van der Waals surface area contributed by atoms with Crippen LogP contribution < -0.4 is 5.32 Å². The molecule has 0 radical (unpaired) electrons. The van der Waals surface area contributed by atoms with Gasteiger partial charge in [0.25, 0.3) is 0 Å². The Kier molecular flexibility index (Phi) is 5.46. The van der Waals surface area contributed by atoms with Crippen LogP contribution in [0.4, 0.5) is 5.69 Å². The van der Waals surface area contributed by atoms with Crippen LogP contribution in [0.15, 0.2) is 29.6 Å². The number of piperidine rings is 1. The second-order valence-electron chi connectivity index (χ2n) is 10.2. The largest absolute Gasteiger partial charge is 0.360 e. The molecule has 6 nitrogen and oxygen atoms in total. The highest BCUT2D eigenvalue weighted by Crippen LogP contribution is 2.32. The van der Waals surface area contributed by atoms with Crippen molar-refractivity contribution in [3.05, 3.63) is 35.1 Å². The molecule has 0 aromatic carbocycles. The normalized spacial score (nSPS) is 19.2. The monoisotopic (exact) mass is 438 g/mol. The molecule has 31 heavy (non-hydrogen) atoms. The summed E-state index contributed by atoms with van der Waals surface area (Å²) in [6.45, 7) is 15.4.